The van der Waals surface area contributed by atoms with Crippen molar-refractivity contribution >= 4 is 0 Å². The Hall–Kier alpha value is -0.120. The van der Waals surface area contributed by atoms with Crippen molar-refractivity contribution in [3.8, 4) is 0 Å². The minimum absolute atomic E-state index is 0.0443. The Labute approximate surface area is 54.6 Å². The molecule has 0 aliphatic carbocycles. The Morgan fingerprint density at radius 1 is 1.33 bits per heavy atom. The Morgan fingerprint density at radius 2 is 2.00 bits per heavy atom. The highest BCUT2D eigenvalue weighted by Crippen LogP contribution is 2.08. The van der Waals surface area contributed by atoms with Gasteiger partial charge in [-0.05, 0) is 6.42 Å². The van der Waals surface area contributed by atoms with Crippen molar-refractivity contribution in [1.29, 1.82) is 0 Å². The third-order valence-corrected chi connectivity index (χ3v) is 1.29. The fourth-order valence-electron chi connectivity index (χ4n) is 0.832. The van der Waals surface area contributed by atoms with E-state index in [-0.39, 0.29) is 12.9 Å². The van der Waals surface area contributed by atoms with Gasteiger partial charge in [0.2, 0.25) is 0 Å². The molecule has 0 atom stereocenters. The smallest absolute Gasteiger partial charge is 0.157 e. The molecule has 0 aromatic rings. The van der Waals surface area contributed by atoms with E-state index in [1.54, 1.807) is 0 Å². The van der Waals surface area contributed by atoms with E-state index in [9.17, 15) is 0 Å². The predicted molar refractivity (Wildman–Crippen MR) is 32.0 cm³/mol. The van der Waals surface area contributed by atoms with Crippen LogP contribution in [0.15, 0.2) is 0 Å². The molecule has 0 bridgehead atoms. The van der Waals surface area contributed by atoms with Gasteiger partial charge in [-0.15, -0.1) is 0 Å². The van der Waals surface area contributed by atoms with Crippen molar-refractivity contribution in [2.75, 3.05) is 19.8 Å². The summed E-state index contributed by atoms with van der Waals surface area (Å²) >= 11 is 0. The van der Waals surface area contributed by atoms with Crippen molar-refractivity contribution in [1.82, 2.24) is 0 Å². The van der Waals surface area contributed by atoms with Crippen LogP contribution in [-0.4, -0.2) is 31.2 Å². The highest BCUT2D eigenvalue weighted by molar-refractivity contribution is 4.51. The lowest BCUT2D eigenvalue weighted by atomic mass is 10.3. The van der Waals surface area contributed by atoms with Gasteiger partial charge in [0.25, 0.3) is 0 Å². The summed E-state index contributed by atoms with van der Waals surface area (Å²) < 4.78 is 10.2. The van der Waals surface area contributed by atoms with Gasteiger partial charge in [0.15, 0.2) is 6.29 Å². The molecular formula is C6H12O3. The molecule has 0 aromatic heterocycles. The lowest BCUT2D eigenvalue weighted by Gasteiger charge is -2.05. The summed E-state index contributed by atoms with van der Waals surface area (Å²) in [5, 5.41) is 8.42. The molecule has 3 nitrogen and oxygen atoms in total. The molecule has 3 heteroatoms. The number of aliphatic hydroxyl groups excluding tert-OH is 1. The average Bonchev–Trinajstić information content (AvgIpc) is 2.34. The lowest BCUT2D eigenvalue weighted by molar-refractivity contribution is -0.0497. The number of aliphatic hydroxyl groups is 1. The van der Waals surface area contributed by atoms with Crippen LogP contribution < -0.4 is 0 Å². The van der Waals surface area contributed by atoms with E-state index in [1.807, 2.05) is 0 Å². The normalized spacial score (nSPS) is 21.0. The zero-order valence-corrected chi connectivity index (χ0v) is 5.38. The molecule has 1 N–H and O–H groups in total. The minimum atomic E-state index is -0.0443. The molecule has 0 radical (unpaired) electrons. The Bertz CT molecular complexity index is 68.7. The molecule has 1 aliphatic heterocycles. The summed E-state index contributed by atoms with van der Waals surface area (Å²) in [5.41, 5.74) is 0. The van der Waals surface area contributed by atoms with E-state index in [0.29, 0.717) is 13.2 Å². The van der Waals surface area contributed by atoms with Crippen LogP contribution in [0.2, 0.25) is 0 Å². The van der Waals surface area contributed by atoms with Crippen LogP contribution in [0, 0.1) is 0 Å². The van der Waals surface area contributed by atoms with E-state index in [1.165, 1.54) is 0 Å². The van der Waals surface area contributed by atoms with Crippen molar-refractivity contribution in [2.45, 2.75) is 19.1 Å². The summed E-state index contributed by atoms with van der Waals surface area (Å²) in [6, 6.07) is 0. The van der Waals surface area contributed by atoms with Gasteiger partial charge < -0.3 is 14.6 Å². The molecule has 0 aromatic carbocycles. The number of ether oxygens (including phenoxy) is 2. The maximum atomic E-state index is 8.42. The van der Waals surface area contributed by atoms with Gasteiger partial charge in [-0.25, -0.2) is 0 Å². The summed E-state index contributed by atoms with van der Waals surface area (Å²) in [7, 11) is 0. The first-order valence-electron chi connectivity index (χ1n) is 3.27. The summed E-state index contributed by atoms with van der Waals surface area (Å²) in [6.07, 6.45) is 1.54. The third-order valence-electron chi connectivity index (χ3n) is 1.29. The molecule has 54 valence electrons. The van der Waals surface area contributed by atoms with Gasteiger partial charge in [-0.1, -0.05) is 0 Å². The number of hydrogen-bond donors (Lipinski definition) is 1. The maximum absolute atomic E-state index is 8.42. The highest BCUT2D eigenvalue weighted by Gasteiger charge is 2.14. The topological polar surface area (TPSA) is 38.7 Å². The molecule has 9 heavy (non-hydrogen) atoms. The Balaban J connectivity index is 1.98. The van der Waals surface area contributed by atoms with Crippen LogP contribution in [-0.2, 0) is 9.47 Å². The molecule has 1 aliphatic rings. The molecule has 0 saturated carbocycles. The maximum Gasteiger partial charge on any atom is 0.157 e. The molecule has 0 unspecified atom stereocenters. The van der Waals surface area contributed by atoms with Gasteiger partial charge in [-0.2, -0.15) is 0 Å². The summed E-state index contributed by atoms with van der Waals surface area (Å²) in [6.45, 7) is 1.63. The second-order valence-corrected chi connectivity index (χ2v) is 2.04. The molecule has 0 amide bonds. The van der Waals surface area contributed by atoms with Gasteiger partial charge in [0.1, 0.15) is 0 Å². The largest absolute Gasteiger partial charge is 0.396 e. The molecule has 1 fully saturated rings. The van der Waals surface area contributed by atoms with E-state index >= 15 is 0 Å². The SMILES string of the molecule is OCCCC1OCCO1. The van der Waals surface area contributed by atoms with Crippen molar-refractivity contribution in [2.24, 2.45) is 0 Å². The fraction of sp³-hybridized carbons (Fsp3) is 1.00. The highest BCUT2D eigenvalue weighted by atomic mass is 16.7. The van der Waals surface area contributed by atoms with Gasteiger partial charge in [0, 0.05) is 13.0 Å². The average molecular weight is 132 g/mol. The first-order chi connectivity index (χ1) is 4.43. The number of rotatable bonds is 3. The van der Waals surface area contributed by atoms with Gasteiger partial charge >= 0.3 is 0 Å². The lowest BCUT2D eigenvalue weighted by Crippen LogP contribution is -2.07. The molecule has 1 heterocycles. The first-order valence-corrected chi connectivity index (χ1v) is 3.27. The molecular weight excluding hydrogens is 120 g/mol. The van der Waals surface area contributed by atoms with Crippen LogP contribution >= 0.6 is 0 Å². The van der Waals surface area contributed by atoms with E-state index in [2.05, 4.69) is 0 Å². The molecule has 0 spiro atoms. The Kier molecular flexibility index (Phi) is 2.97. The monoisotopic (exact) mass is 132 g/mol. The van der Waals surface area contributed by atoms with Crippen molar-refractivity contribution < 1.29 is 14.6 Å². The third kappa shape index (κ3) is 2.30. The zero-order chi connectivity index (χ0) is 6.53. The standard InChI is InChI=1S/C6H12O3/c7-3-1-2-6-8-4-5-9-6/h6-7H,1-5H2. The summed E-state index contributed by atoms with van der Waals surface area (Å²) in [5.74, 6) is 0. The molecule has 1 rings (SSSR count). The van der Waals surface area contributed by atoms with Crippen LogP contribution in [0.25, 0.3) is 0 Å². The van der Waals surface area contributed by atoms with E-state index in [4.69, 9.17) is 14.6 Å². The van der Waals surface area contributed by atoms with E-state index < -0.39 is 0 Å². The van der Waals surface area contributed by atoms with Crippen molar-refractivity contribution in [3.05, 3.63) is 0 Å². The van der Waals surface area contributed by atoms with E-state index in [0.717, 1.165) is 12.8 Å². The van der Waals surface area contributed by atoms with Crippen LogP contribution in [0.5, 0.6) is 0 Å². The van der Waals surface area contributed by atoms with Crippen LogP contribution in [0.3, 0.4) is 0 Å². The zero-order valence-electron chi connectivity index (χ0n) is 5.38. The van der Waals surface area contributed by atoms with Gasteiger partial charge in [0.05, 0.1) is 13.2 Å². The second kappa shape index (κ2) is 3.82. The quantitative estimate of drug-likeness (QED) is 0.593. The second-order valence-electron chi connectivity index (χ2n) is 2.04. The van der Waals surface area contributed by atoms with Gasteiger partial charge in [-0.3, -0.25) is 0 Å². The van der Waals surface area contributed by atoms with Crippen LogP contribution in [0.4, 0.5) is 0 Å². The van der Waals surface area contributed by atoms with Crippen LogP contribution in [0.1, 0.15) is 12.8 Å². The van der Waals surface area contributed by atoms with Crippen molar-refractivity contribution in [3.63, 3.8) is 0 Å². The first kappa shape index (κ1) is 6.99. The number of hydrogen-bond acceptors (Lipinski definition) is 3. The fourth-order valence-corrected chi connectivity index (χ4v) is 0.832. The minimum Gasteiger partial charge on any atom is -0.396 e. The summed E-state index contributed by atoms with van der Waals surface area (Å²) in [4.78, 5) is 0. The molecule has 1 saturated heterocycles. The Morgan fingerprint density at radius 3 is 2.56 bits per heavy atom. The predicted octanol–water partition coefficient (Wildman–Crippen LogP) is 0.132.